The van der Waals surface area contributed by atoms with Gasteiger partial charge in [-0.2, -0.15) is 5.26 Å². The summed E-state index contributed by atoms with van der Waals surface area (Å²) in [6.45, 7) is 3.52. The zero-order valence-electron chi connectivity index (χ0n) is 13.9. The lowest BCUT2D eigenvalue weighted by Gasteiger charge is -2.33. The normalized spacial score (nSPS) is 14.6. The fourth-order valence-corrected chi connectivity index (χ4v) is 2.60. The molecule has 1 fully saturated rings. The number of anilines is 1. The molecule has 0 aliphatic carbocycles. The number of amides is 2. The second-order valence-electron chi connectivity index (χ2n) is 5.57. The van der Waals surface area contributed by atoms with Gasteiger partial charge in [0.25, 0.3) is 11.6 Å². The average molecular weight is 378 g/mol. The van der Waals surface area contributed by atoms with Gasteiger partial charge in [0, 0.05) is 51.1 Å². The number of nitro groups is 1. The quantitative estimate of drug-likeness (QED) is 0.369. The first kappa shape index (κ1) is 19.2. The first-order valence-corrected chi connectivity index (χ1v) is 8.06. The highest BCUT2D eigenvalue weighted by atomic mass is 35.5. The van der Waals surface area contributed by atoms with Crippen LogP contribution in [0.2, 0.25) is 5.02 Å². The zero-order valence-corrected chi connectivity index (χ0v) is 14.7. The monoisotopic (exact) mass is 377 g/mol. The van der Waals surface area contributed by atoms with Crippen molar-refractivity contribution in [3.63, 3.8) is 0 Å². The maximum absolute atomic E-state index is 12.3. The van der Waals surface area contributed by atoms with Crippen LogP contribution in [0.4, 0.5) is 11.4 Å². The van der Waals surface area contributed by atoms with E-state index in [4.69, 9.17) is 11.6 Å². The molecule has 0 radical (unpaired) electrons. The predicted octanol–water partition coefficient (Wildman–Crippen LogP) is 1.76. The minimum Gasteiger partial charge on any atom is -0.373 e. The lowest BCUT2D eigenvalue weighted by atomic mass is 10.2. The number of rotatable bonds is 4. The molecular formula is C16H16ClN5O4. The van der Waals surface area contributed by atoms with E-state index in [0.717, 1.165) is 6.07 Å². The summed E-state index contributed by atoms with van der Waals surface area (Å²) in [6, 6.07) is 5.65. The van der Waals surface area contributed by atoms with E-state index in [2.05, 4.69) is 5.32 Å². The van der Waals surface area contributed by atoms with Gasteiger partial charge in [-0.15, -0.1) is 0 Å². The van der Waals surface area contributed by atoms with Gasteiger partial charge in [0.05, 0.1) is 4.92 Å². The van der Waals surface area contributed by atoms with Crippen molar-refractivity contribution in [3.8, 4) is 6.07 Å². The van der Waals surface area contributed by atoms with Crippen molar-refractivity contribution in [1.29, 1.82) is 5.26 Å². The molecule has 1 aromatic rings. The molecule has 1 aliphatic rings. The Balaban J connectivity index is 2.08. The molecule has 1 aromatic carbocycles. The Morgan fingerprint density at radius 1 is 1.35 bits per heavy atom. The summed E-state index contributed by atoms with van der Waals surface area (Å²) in [6.07, 6.45) is 1.43. The number of nitrogens with zero attached hydrogens (tertiary/aromatic N) is 4. The topological polar surface area (TPSA) is 120 Å². The summed E-state index contributed by atoms with van der Waals surface area (Å²) in [4.78, 5) is 37.3. The Kier molecular flexibility index (Phi) is 6.14. The number of benzene rings is 1. The van der Waals surface area contributed by atoms with Crippen LogP contribution in [0.5, 0.6) is 0 Å². The molecule has 136 valence electrons. The van der Waals surface area contributed by atoms with Crippen molar-refractivity contribution >= 4 is 34.8 Å². The third-order valence-electron chi connectivity index (χ3n) is 3.84. The van der Waals surface area contributed by atoms with Crippen molar-refractivity contribution in [2.75, 3.05) is 31.5 Å². The molecule has 1 saturated heterocycles. The predicted molar refractivity (Wildman–Crippen MR) is 94.3 cm³/mol. The minimum atomic E-state index is -0.682. The van der Waals surface area contributed by atoms with Crippen molar-refractivity contribution in [3.05, 3.63) is 45.1 Å². The zero-order chi connectivity index (χ0) is 19.3. The van der Waals surface area contributed by atoms with Gasteiger partial charge in [-0.05, 0) is 12.1 Å². The fourth-order valence-electron chi connectivity index (χ4n) is 2.42. The number of halogens is 1. The number of carbonyl (C=O) groups excluding carboxylic acids is 2. The number of piperazine rings is 1. The molecule has 1 N–H and O–H groups in total. The standard InChI is InChI=1S/C16H16ClN5O4/c1-11(23)21-6-4-20(5-7-21)10-12(9-18)16(24)19-13-2-3-14(17)15(8-13)22(25)26/h2-3,8,10H,4-7H2,1H3,(H,19,24)/b12-10-. The molecule has 0 bridgehead atoms. The van der Waals surface area contributed by atoms with Crippen molar-refractivity contribution in [1.82, 2.24) is 9.80 Å². The fraction of sp³-hybridized carbons (Fsp3) is 0.312. The molecule has 1 aliphatic heterocycles. The number of nitro benzene ring substituents is 1. The van der Waals surface area contributed by atoms with E-state index in [-0.39, 0.29) is 27.9 Å². The van der Waals surface area contributed by atoms with Crippen LogP contribution in [-0.4, -0.2) is 52.7 Å². The maximum atomic E-state index is 12.3. The van der Waals surface area contributed by atoms with Crippen LogP contribution < -0.4 is 5.32 Å². The van der Waals surface area contributed by atoms with Crippen LogP contribution in [0.1, 0.15) is 6.92 Å². The Hall–Kier alpha value is -3.12. The molecule has 0 unspecified atom stereocenters. The summed E-state index contributed by atoms with van der Waals surface area (Å²) in [5.74, 6) is -0.700. The van der Waals surface area contributed by atoms with Crippen LogP contribution in [0.25, 0.3) is 0 Å². The molecule has 0 spiro atoms. The molecule has 0 aromatic heterocycles. The molecular weight excluding hydrogens is 362 g/mol. The Bertz CT molecular complexity index is 809. The van der Waals surface area contributed by atoms with Crippen LogP contribution in [0.3, 0.4) is 0 Å². The Morgan fingerprint density at radius 3 is 2.54 bits per heavy atom. The van der Waals surface area contributed by atoms with Gasteiger partial charge in [0.2, 0.25) is 5.91 Å². The van der Waals surface area contributed by atoms with Crippen LogP contribution in [0, 0.1) is 21.4 Å². The second kappa shape index (κ2) is 8.31. The first-order chi connectivity index (χ1) is 12.3. The summed E-state index contributed by atoms with van der Waals surface area (Å²) in [5.41, 5.74) is -0.320. The molecule has 2 amide bonds. The van der Waals surface area contributed by atoms with Crippen molar-refractivity contribution in [2.45, 2.75) is 6.92 Å². The van der Waals surface area contributed by atoms with Crippen LogP contribution in [-0.2, 0) is 9.59 Å². The molecule has 0 saturated carbocycles. The van der Waals surface area contributed by atoms with Gasteiger partial charge < -0.3 is 15.1 Å². The number of carbonyl (C=O) groups is 2. The van der Waals surface area contributed by atoms with E-state index >= 15 is 0 Å². The molecule has 1 heterocycles. The van der Waals surface area contributed by atoms with Crippen molar-refractivity contribution < 1.29 is 14.5 Å². The maximum Gasteiger partial charge on any atom is 0.289 e. The molecule has 10 heteroatoms. The number of nitrogens with one attached hydrogen (secondary N) is 1. The largest absolute Gasteiger partial charge is 0.373 e. The summed E-state index contributed by atoms with van der Waals surface area (Å²) in [7, 11) is 0. The van der Waals surface area contributed by atoms with Crippen LogP contribution >= 0.6 is 11.6 Å². The SMILES string of the molecule is CC(=O)N1CCN(/C=C(/C#N)C(=O)Nc2ccc(Cl)c([N+](=O)[O-])c2)CC1. The summed E-state index contributed by atoms with van der Waals surface area (Å²) < 4.78 is 0. The van der Waals surface area contributed by atoms with E-state index < -0.39 is 10.8 Å². The number of nitriles is 1. The molecule has 26 heavy (non-hydrogen) atoms. The van der Waals surface area contributed by atoms with Crippen LogP contribution in [0.15, 0.2) is 30.0 Å². The Morgan fingerprint density at radius 2 is 2.00 bits per heavy atom. The minimum absolute atomic E-state index is 0.0174. The van der Waals surface area contributed by atoms with Gasteiger partial charge in [-0.25, -0.2) is 0 Å². The van der Waals surface area contributed by atoms with Gasteiger partial charge in [0.15, 0.2) is 0 Å². The second-order valence-corrected chi connectivity index (χ2v) is 5.98. The highest BCUT2D eigenvalue weighted by Crippen LogP contribution is 2.27. The lowest BCUT2D eigenvalue weighted by Crippen LogP contribution is -2.46. The van der Waals surface area contributed by atoms with E-state index in [0.29, 0.717) is 26.2 Å². The molecule has 2 rings (SSSR count). The molecule has 0 atom stereocenters. The first-order valence-electron chi connectivity index (χ1n) is 7.68. The van der Waals surface area contributed by atoms with E-state index in [9.17, 15) is 25.0 Å². The number of hydrogen-bond donors (Lipinski definition) is 1. The van der Waals surface area contributed by atoms with E-state index in [1.165, 1.54) is 25.3 Å². The third-order valence-corrected chi connectivity index (χ3v) is 4.16. The third kappa shape index (κ3) is 4.70. The van der Waals surface area contributed by atoms with Gasteiger partial charge in [0.1, 0.15) is 16.7 Å². The highest BCUT2D eigenvalue weighted by Gasteiger charge is 2.19. The Labute approximate surface area is 154 Å². The number of hydrogen-bond acceptors (Lipinski definition) is 6. The smallest absolute Gasteiger partial charge is 0.289 e. The summed E-state index contributed by atoms with van der Waals surface area (Å²) >= 11 is 5.73. The van der Waals surface area contributed by atoms with E-state index in [1.807, 2.05) is 6.07 Å². The van der Waals surface area contributed by atoms with Crippen molar-refractivity contribution in [2.24, 2.45) is 0 Å². The van der Waals surface area contributed by atoms with E-state index in [1.54, 1.807) is 9.80 Å². The average Bonchev–Trinajstić information content (AvgIpc) is 2.61. The molecule has 9 nitrogen and oxygen atoms in total. The lowest BCUT2D eigenvalue weighted by molar-refractivity contribution is -0.384. The van der Waals surface area contributed by atoms with Gasteiger partial charge in [-0.1, -0.05) is 11.6 Å². The van der Waals surface area contributed by atoms with Gasteiger partial charge in [-0.3, -0.25) is 19.7 Å². The summed E-state index contributed by atoms with van der Waals surface area (Å²) in [5, 5.41) is 22.5. The van der Waals surface area contributed by atoms with Gasteiger partial charge >= 0.3 is 0 Å². The highest BCUT2D eigenvalue weighted by molar-refractivity contribution is 6.32.